The van der Waals surface area contributed by atoms with Crippen LogP contribution in [0.2, 0.25) is 0 Å². The van der Waals surface area contributed by atoms with Gasteiger partial charge in [-0.25, -0.2) is 4.39 Å². The molecule has 0 aliphatic carbocycles. The molecule has 0 aliphatic rings. The smallest absolute Gasteiger partial charge is 0.445 e. The zero-order chi connectivity index (χ0) is 10.9. The van der Waals surface area contributed by atoms with E-state index in [1.54, 1.807) is 13.8 Å². The van der Waals surface area contributed by atoms with E-state index in [9.17, 15) is 17.3 Å². The Morgan fingerprint density at radius 3 is 2.14 bits per heavy atom. The van der Waals surface area contributed by atoms with Crippen molar-refractivity contribution in [2.75, 3.05) is 0 Å². The van der Waals surface area contributed by atoms with Gasteiger partial charge in [0.1, 0.15) is 5.82 Å². The largest absolute Gasteiger partial charge is 0.509 e. The number of rotatable bonds is 2. The molecule has 1 aromatic rings. The van der Waals surface area contributed by atoms with Crippen LogP contribution in [-0.2, 0) is 0 Å². The maximum Gasteiger partial charge on any atom is 0.509 e. The molecule has 78 valence electrons. The highest BCUT2D eigenvalue weighted by Crippen LogP contribution is 2.19. The number of hydrogen-bond acceptors (Lipinski definition) is 0. The molecule has 0 saturated carbocycles. The Hall–Kier alpha value is -0.995. The van der Waals surface area contributed by atoms with Crippen LogP contribution in [0, 0.1) is 5.82 Å². The van der Waals surface area contributed by atoms with E-state index in [2.05, 4.69) is 0 Å². The van der Waals surface area contributed by atoms with Crippen LogP contribution in [0.1, 0.15) is 25.3 Å². The van der Waals surface area contributed by atoms with Crippen LogP contribution < -0.4 is 5.46 Å². The molecule has 0 amide bonds. The molecular weight excluding hydrogens is 195 g/mol. The van der Waals surface area contributed by atoms with Gasteiger partial charge in [0.2, 0.25) is 0 Å². The molecule has 0 N–H and O–H groups in total. The van der Waals surface area contributed by atoms with E-state index in [0.29, 0.717) is 0 Å². The van der Waals surface area contributed by atoms with Gasteiger partial charge in [-0.2, -0.15) is 0 Å². The fourth-order valence-electron chi connectivity index (χ4n) is 1.21. The van der Waals surface area contributed by atoms with Crippen molar-refractivity contribution in [3.05, 3.63) is 29.6 Å². The minimum absolute atomic E-state index is 0.113. The summed E-state index contributed by atoms with van der Waals surface area (Å²) < 4.78 is 50.0. The van der Waals surface area contributed by atoms with Gasteiger partial charge < -0.3 is 12.9 Å². The quantitative estimate of drug-likeness (QED) is 0.514. The van der Waals surface area contributed by atoms with Gasteiger partial charge in [-0.05, 0) is 17.5 Å². The Balaban J connectivity index is 3.20. The molecule has 0 aromatic heterocycles. The van der Waals surface area contributed by atoms with Crippen LogP contribution in [-0.4, -0.2) is 6.98 Å². The van der Waals surface area contributed by atoms with Crippen LogP contribution in [0.15, 0.2) is 18.2 Å². The molecule has 14 heavy (non-hydrogen) atoms. The Bertz CT molecular complexity index is 330. The van der Waals surface area contributed by atoms with Crippen molar-refractivity contribution in [1.82, 2.24) is 0 Å². The van der Waals surface area contributed by atoms with Gasteiger partial charge in [-0.3, -0.25) is 0 Å². The van der Waals surface area contributed by atoms with Gasteiger partial charge in [0, 0.05) is 0 Å². The lowest BCUT2D eigenvalue weighted by atomic mass is 9.78. The Labute approximate surface area is 80.0 Å². The highest BCUT2D eigenvalue weighted by Gasteiger charge is 2.26. The highest BCUT2D eigenvalue weighted by atomic mass is 19.4. The Morgan fingerprint density at radius 2 is 1.71 bits per heavy atom. The molecule has 1 aromatic carbocycles. The maximum absolute atomic E-state index is 13.0. The minimum Gasteiger partial charge on any atom is -0.445 e. The predicted molar refractivity (Wildman–Crippen MR) is 49.2 cm³/mol. The lowest BCUT2D eigenvalue weighted by molar-refractivity contribution is 0.500. The molecule has 0 aliphatic heterocycles. The van der Waals surface area contributed by atoms with Gasteiger partial charge in [0.15, 0.2) is 0 Å². The third-order valence-electron chi connectivity index (χ3n) is 2.02. The molecule has 0 spiro atoms. The SMILES string of the molecule is CC(C)c1cc([B-](F)(F)F)ccc1F. The molecule has 0 saturated heterocycles. The topological polar surface area (TPSA) is 0 Å². The number of benzene rings is 1. The number of hydrogen-bond donors (Lipinski definition) is 0. The summed E-state index contributed by atoms with van der Waals surface area (Å²) in [5, 5.41) is 0. The Morgan fingerprint density at radius 1 is 1.14 bits per heavy atom. The van der Waals surface area contributed by atoms with Crippen LogP contribution in [0.25, 0.3) is 0 Å². The van der Waals surface area contributed by atoms with E-state index in [-0.39, 0.29) is 11.5 Å². The fraction of sp³-hybridized carbons (Fsp3) is 0.333. The maximum atomic E-state index is 13.0. The van der Waals surface area contributed by atoms with Gasteiger partial charge >= 0.3 is 6.98 Å². The molecule has 0 unspecified atom stereocenters. The van der Waals surface area contributed by atoms with Crippen LogP contribution in [0.3, 0.4) is 0 Å². The van der Waals surface area contributed by atoms with Crippen molar-refractivity contribution in [1.29, 1.82) is 0 Å². The van der Waals surface area contributed by atoms with E-state index in [1.165, 1.54) is 0 Å². The van der Waals surface area contributed by atoms with E-state index >= 15 is 0 Å². The van der Waals surface area contributed by atoms with Crippen LogP contribution >= 0.6 is 0 Å². The molecule has 0 bridgehead atoms. The van der Waals surface area contributed by atoms with E-state index in [1.807, 2.05) is 0 Å². The first-order valence-corrected chi connectivity index (χ1v) is 4.31. The fourth-order valence-corrected chi connectivity index (χ4v) is 1.21. The van der Waals surface area contributed by atoms with Gasteiger partial charge in [-0.1, -0.05) is 26.0 Å². The molecular formula is C9H10BF4-. The van der Waals surface area contributed by atoms with Crippen molar-refractivity contribution in [3.8, 4) is 0 Å². The van der Waals surface area contributed by atoms with Crippen molar-refractivity contribution in [2.24, 2.45) is 0 Å². The first kappa shape index (κ1) is 11.1. The third kappa shape index (κ3) is 2.27. The minimum atomic E-state index is -5.03. The van der Waals surface area contributed by atoms with Crippen molar-refractivity contribution < 1.29 is 17.3 Å². The molecule has 0 radical (unpaired) electrons. The first-order valence-electron chi connectivity index (χ1n) is 4.31. The molecule has 0 fully saturated rings. The summed E-state index contributed by atoms with van der Waals surface area (Å²) in [5.74, 6) is -0.822. The Kier molecular flexibility index (Phi) is 2.88. The average molecular weight is 205 g/mol. The highest BCUT2D eigenvalue weighted by molar-refractivity contribution is 6.73. The zero-order valence-electron chi connectivity index (χ0n) is 7.90. The summed E-state index contributed by atoms with van der Waals surface area (Å²) in [6.45, 7) is -1.72. The average Bonchev–Trinajstić information content (AvgIpc) is 2.02. The summed E-state index contributed by atoms with van der Waals surface area (Å²) in [4.78, 5) is 0. The van der Waals surface area contributed by atoms with E-state index in [4.69, 9.17) is 0 Å². The van der Waals surface area contributed by atoms with Crippen molar-refractivity contribution in [2.45, 2.75) is 19.8 Å². The molecule has 0 nitrogen and oxygen atoms in total. The first-order chi connectivity index (χ1) is 6.32. The molecule has 1 rings (SSSR count). The predicted octanol–water partition coefficient (Wildman–Crippen LogP) is 3.00. The summed E-state index contributed by atoms with van der Waals surface area (Å²) in [5.41, 5.74) is -0.628. The monoisotopic (exact) mass is 205 g/mol. The summed E-state index contributed by atoms with van der Waals surface area (Å²) in [6, 6.07) is 2.54. The normalized spacial score (nSPS) is 12.2. The van der Waals surface area contributed by atoms with Crippen LogP contribution in [0.5, 0.6) is 0 Å². The second-order valence-electron chi connectivity index (χ2n) is 3.51. The third-order valence-corrected chi connectivity index (χ3v) is 2.02. The molecule has 0 atom stereocenters. The van der Waals surface area contributed by atoms with Crippen LogP contribution in [0.4, 0.5) is 17.3 Å². The van der Waals surface area contributed by atoms with E-state index in [0.717, 1.165) is 18.2 Å². The van der Waals surface area contributed by atoms with Gasteiger partial charge in [0.25, 0.3) is 0 Å². The van der Waals surface area contributed by atoms with Crippen molar-refractivity contribution in [3.63, 3.8) is 0 Å². The number of halogens is 4. The molecule has 5 heteroatoms. The molecule has 0 heterocycles. The second kappa shape index (κ2) is 3.63. The lowest BCUT2D eigenvalue weighted by Crippen LogP contribution is -2.34. The zero-order valence-corrected chi connectivity index (χ0v) is 7.90. The van der Waals surface area contributed by atoms with Gasteiger partial charge in [0.05, 0.1) is 0 Å². The van der Waals surface area contributed by atoms with Crippen molar-refractivity contribution >= 4 is 12.4 Å². The lowest BCUT2D eigenvalue weighted by Gasteiger charge is -2.17. The summed E-state index contributed by atoms with van der Waals surface area (Å²) in [7, 11) is 0. The van der Waals surface area contributed by atoms with Gasteiger partial charge in [-0.15, -0.1) is 5.46 Å². The second-order valence-corrected chi connectivity index (χ2v) is 3.51. The summed E-state index contributed by atoms with van der Waals surface area (Å²) in [6.07, 6.45) is 0. The van der Waals surface area contributed by atoms with E-state index < -0.39 is 18.3 Å². The standard InChI is InChI=1S/C9H10BF4/c1-6(2)8-5-7(10(12,13)14)3-4-9(8)11/h3-6H,1-2H3/q-1. The summed E-state index contributed by atoms with van der Waals surface area (Å²) >= 11 is 0.